The number of rotatable bonds is 10. The van der Waals surface area contributed by atoms with E-state index in [1.54, 1.807) is 19.1 Å². The molecule has 0 radical (unpaired) electrons. The van der Waals surface area contributed by atoms with Crippen molar-refractivity contribution in [2.24, 2.45) is 0 Å². The number of nitrogens with one attached hydrogen (secondary N) is 1. The lowest BCUT2D eigenvalue weighted by Crippen LogP contribution is -2.61. The molecule has 1 fully saturated rings. The van der Waals surface area contributed by atoms with E-state index in [0.717, 1.165) is 16.7 Å². The smallest absolute Gasteiger partial charge is 0.335 e. The van der Waals surface area contributed by atoms with Crippen LogP contribution in [-0.2, 0) is 9.53 Å². The van der Waals surface area contributed by atoms with Gasteiger partial charge in [-0.1, -0.05) is 36.4 Å². The zero-order chi connectivity index (χ0) is 31.8. The molecule has 240 valence electrons. The number of ether oxygens (including phenoxy) is 6. The van der Waals surface area contributed by atoms with E-state index in [9.17, 15) is 30.3 Å². The lowest BCUT2D eigenvalue weighted by Gasteiger charge is -2.38. The largest absolute Gasteiger partial charge is 0.492 e. The van der Waals surface area contributed by atoms with Crippen LogP contribution in [0.3, 0.4) is 0 Å². The van der Waals surface area contributed by atoms with E-state index in [-0.39, 0.29) is 25.0 Å². The van der Waals surface area contributed by atoms with Crippen LogP contribution < -0.4 is 29.0 Å². The number of aliphatic hydroxyl groups is 4. The molecule has 6 rings (SSSR count). The molecular weight excluding hydrogens is 590 g/mol. The maximum atomic E-state index is 11.6. The number of hydrogen-bond donors (Lipinski definition) is 6. The molecule has 0 amide bonds. The van der Waals surface area contributed by atoms with Gasteiger partial charge in [-0.2, -0.15) is 0 Å². The molecular formula is C32H35NO12. The Morgan fingerprint density at radius 3 is 2.56 bits per heavy atom. The summed E-state index contributed by atoms with van der Waals surface area (Å²) < 4.78 is 35.7. The normalized spacial score (nSPS) is 27.2. The van der Waals surface area contributed by atoms with Gasteiger partial charge >= 0.3 is 5.97 Å². The molecule has 0 bridgehead atoms. The SMILES string of the molecule is COc1c(OCNCC(C)O)ccc2c1OC1c3c(cc(OC4OC(C(=O)O)C(O)C(O)C4O)cc3-c3ccccc3)OCC21. The zero-order valence-corrected chi connectivity index (χ0v) is 24.5. The highest BCUT2D eigenvalue weighted by Gasteiger charge is 2.49. The van der Waals surface area contributed by atoms with Gasteiger partial charge in [-0.15, -0.1) is 0 Å². The van der Waals surface area contributed by atoms with Crippen LogP contribution in [0, 0.1) is 0 Å². The molecule has 0 aromatic heterocycles. The summed E-state index contributed by atoms with van der Waals surface area (Å²) in [7, 11) is 1.53. The van der Waals surface area contributed by atoms with E-state index in [0.29, 0.717) is 35.1 Å². The molecule has 1 saturated heterocycles. The molecule has 3 aromatic rings. The number of carbonyl (C=O) groups is 1. The van der Waals surface area contributed by atoms with Crippen LogP contribution in [0.2, 0.25) is 0 Å². The first kappa shape index (κ1) is 30.9. The topological polar surface area (TPSA) is 186 Å². The van der Waals surface area contributed by atoms with Crippen molar-refractivity contribution >= 4 is 5.97 Å². The van der Waals surface area contributed by atoms with Gasteiger partial charge in [-0.05, 0) is 30.2 Å². The second-order valence-electron chi connectivity index (χ2n) is 11.2. The quantitative estimate of drug-likeness (QED) is 0.141. The van der Waals surface area contributed by atoms with Gasteiger partial charge in [0.15, 0.2) is 17.6 Å². The Labute approximate surface area is 258 Å². The van der Waals surface area contributed by atoms with E-state index in [1.807, 2.05) is 42.5 Å². The number of benzene rings is 3. The Morgan fingerprint density at radius 2 is 1.84 bits per heavy atom. The summed E-state index contributed by atoms with van der Waals surface area (Å²) in [5.41, 5.74) is 3.14. The summed E-state index contributed by atoms with van der Waals surface area (Å²) >= 11 is 0. The zero-order valence-electron chi connectivity index (χ0n) is 24.5. The predicted octanol–water partition coefficient (Wildman–Crippen LogP) is 1.55. The number of methoxy groups -OCH3 is 1. The van der Waals surface area contributed by atoms with Crippen LogP contribution in [0.15, 0.2) is 54.6 Å². The first-order chi connectivity index (χ1) is 21.7. The minimum atomic E-state index is -1.84. The molecule has 0 saturated carbocycles. The van der Waals surface area contributed by atoms with Crippen molar-refractivity contribution in [1.29, 1.82) is 0 Å². The Hall–Kier alpha value is -4.11. The lowest BCUT2D eigenvalue weighted by atomic mass is 9.85. The van der Waals surface area contributed by atoms with Crippen LogP contribution in [0.5, 0.6) is 28.7 Å². The van der Waals surface area contributed by atoms with Crippen LogP contribution >= 0.6 is 0 Å². The molecule has 45 heavy (non-hydrogen) atoms. The second-order valence-corrected chi connectivity index (χ2v) is 11.2. The molecule has 3 heterocycles. The van der Waals surface area contributed by atoms with Crippen LogP contribution in [0.4, 0.5) is 0 Å². The molecule has 8 unspecified atom stereocenters. The van der Waals surface area contributed by atoms with Gasteiger partial charge < -0.3 is 54.0 Å². The Bertz CT molecular complexity index is 1530. The standard InChI is InChI=1S/C32H35NO12/c1-15(34)12-33-14-42-21-9-8-18-20-13-41-22-11-17(43-32-26(37)24(35)25(36)30(45-32)31(38)39)10-19(16-6-4-3-5-7-16)23(22)27(20)44-28(18)29(21)40-2/h3-11,15,20,24-27,30,32-37H,12-14H2,1-2H3,(H,38,39). The van der Waals surface area contributed by atoms with E-state index in [2.05, 4.69) is 5.32 Å². The van der Waals surface area contributed by atoms with E-state index >= 15 is 0 Å². The van der Waals surface area contributed by atoms with Crippen molar-refractivity contribution in [3.8, 4) is 39.9 Å². The van der Waals surface area contributed by atoms with E-state index in [1.165, 1.54) is 7.11 Å². The van der Waals surface area contributed by atoms with Crippen LogP contribution in [0.25, 0.3) is 11.1 Å². The fraction of sp³-hybridized carbons (Fsp3) is 0.406. The second kappa shape index (κ2) is 12.7. The summed E-state index contributed by atoms with van der Waals surface area (Å²) in [6.07, 6.45) is -9.77. The summed E-state index contributed by atoms with van der Waals surface area (Å²) in [6, 6.07) is 16.5. The number of hydrogen-bond acceptors (Lipinski definition) is 12. The number of carboxylic acids is 1. The average Bonchev–Trinajstić information content (AvgIpc) is 3.41. The molecule has 6 N–H and O–H groups in total. The first-order valence-electron chi connectivity index (χ1n) is 14.5. The van der Waals surface area contributed by atoms with Crippen molar-refractivity contribution in [3.63, 3.8) is 0 Å². The van der Waals surface area contributed by atoms with Crippen molar-refractivity contribution in [1.82, 2.24) is 5.32 Å². The fourth-order valence-corrected chi connectivity index (χ4v) is 5.89. The highest BCUT2D eigenvalue weighted by molar-refractivity contribution is 5.75. The lowest BCUT2D eigenvalue weighted by molar-refractivity contribution is -0.271. The monoisotopic (exact) mass is 625 g/mol. The third-order valence-electron chi connectivity index (χ3n) is 8.06. The molecule has 13 nitrogen and oxygen atoms in total. The molecule has 0 aliphatic carbocycles. The highest BCUT2D eigenvalue weighted by atomic mass is 16.7. The average molecular weight is 626 g/mol. The maximum absolute atomic E-state index is 11.6. The summed E-state index contributed by atoms with van der Waals surface area (Å²) in [5, 5.41) is 52.8. The summed E-state index contributed by atoms with van der Waals surface area (Å²) in [4.78, 5) is 11.6. The number of aliphatic carboxylic acids is 1. The fourth-order valence-electron chi connectivity index (χ4n) is 5.89. The van der Waals surface area contributed by atoms with Gasteiger partial charge in [0.25, 0.3) is 0 Å². The van der Waals surface area contributed by atoms with Gasteiger partial charge in [0.1, 0.15) is 42.6 Å². The highest BCUT2D eigenvalue weighted by Crippen LogP contribution is 2.58. The first-order valence-corrected chi connectivity index (χ1v) is 14.5. The Kier molecular flexibility index (Phi) is 8.73. The number of carboxylic acid groups (broad SMARTS) is 1. The number of aliphatic hydroxyl groups excluding tert-OH is 4. The Balaban J connectivity index is 1.34. The minimum Gasteiger partial charge on any atom is -0.492 e. The van der Waals surface area contributed by atoms with Gasteiger partial charge in [0.05, 0.1) is 25.7 Å². The third kappa shape index (κ3) is 5.86. The van der Waals surface area contributed by atoms with Gasteiger partial charge in [-0.25, -0.2) is 4.79 Å². The molecule has 13 heteroatoms. The Morgan fingerprint density at radius 1 is 1.07 bits per heavy atom. The number of fused-ring (bicyclic) bond motifs is 5. The summed E-state index contributed by atoms with van der Waals surface area (Å²) in [6.45, 7) is 2.46. The molecule has 3 aromatic carbocycles. The van der Waals surface area contributed by atoms with Crippen molar-refractivity contribution in [3.05, 3.63) is 65.7 Å². The van der Waals surface area contributed by atoms with Gasteiger partial charge in [0, 0.05) is 23.7 Å². The predicted molar refractivity (Wildman–Crippen MR) is 157 cm³/mol. The van der Waals surface area contributed by atoms with Gasteiger partial charge in [0.2, 0.25) is 12.0 Å². The van der Waals surface area contributed by atoms with Gasteiger partial charge in [-0.3, -0.25) is 5.32 Å². The van der Waals surface area contributed by atoms with Crippen LogP contribution in [0.1, 0.15) is 30.1 Å². The van der Waals surface area contributed by atoms with Crippen molar-refractivity contribution in [2.75, 3.05) is 27.0 Å². The molecule has 3 aliphatic heterocycles. The molecule has 3 aliphatic rings. The van der Waals surface area contributed by atoms with E-state index in [4.69, 9.17) is 28.4 Å². The maximum Gasteiger partial charge on any atom is 0.335 e. The van der Waals surface area contributed by atoms with Crippen molar-refractivity contribution < 1.29 is 58.7 Å². The van der Waals surface area contributed by atoms with Crippen LogP contribution in [-0.4, -0.2) is 95.3 Å². The minimum absolute atomic E-state index is 0.155. The van der Waals surface area contributed by atoms with Crippen molar-refractivity contribution in [2.45, 2.75) is 55.8 Å². The molecule has 8 atom stereocenters. The van der Waals surface area contributed by atoms with E-state index < -0.39 is 48.9 Å². The third-order valence-corrected chi connectivity index (χ3v) is 8.06. The summed E-state index contributed by atoms with van der Waals surface area (Å²) in [5.74, 6) is 0.358. The molecule has 0 spiro atoms.